The van der Waals surface area contributed by atoms with Crippen LogP contribution in [0.2, 0.25) is 11.6 Å². The van der Waals surface area contributed by atoms with Gasteiger partial charge in [0.25, 0.3) is 0 Å². The first-order valence-electron chi connectivity index (χ1n) is 5.05. The van der Waals surface area contributed by atoms with Crippen LogP contribution in [0.4, 0.5) is 0 Å². The van der Waals surface area contributed by atoms with Crippen LogP contribution < -0.4 is 0 Å². The second-order valence-corrected chi connectivity index (χ2v) is 4.55. The van der Waals surface area contributed by atoms with Crippen molar-refractivity contribution in [3.63, 3.8) is 0 Å². The van der Waals surface area contributed by atoms with Crippen molar-refractivity contribution in [3.8, 4) is 0 Å². The van der Waals surface area contributed by atoms with Crippen LogP contribution in [0.25, 0.3) is 0 Å². The minimum Gasteiger partial charge on any atom is -0.104 e. The van der Waals surface area contributed by atoms with Crippen LogP contribution in [-0.4, -0.2) is 7.28 Å². The summed E-state index contributed by atoms with van der Waals surface area (Å²) in [6.07, 6.45) is 2.12. The highest BCUT2D eigenvalue weighted by Gasteiger charge is 2.38. The Morgan fingerprint density at radius 2 is 1.92 bits per heavy atom. The van der Waals surface area contributed by atoms with Crippen molar-refractivity contribution in [2.75, 3.05) is 0 Å². The van der Waals surface area contributed by atoms with Crippen LogP contribution in [0.3, 0.4) is 0 Å². The fraction of sp³-hybridized carbons (Fsp3) is 0.818. The van der Waals surface area contributed by atoms with Gasteiger partial charge >= 0.3 is 0 Å². The molecule has 0 aromatic rings. The fourth-order valence-electron chi connectivity index (χ4n) is 2.64. The Morgan fingerprint density at radius 1 is 1.33 bits per heavy atom. The van der Waals surface area contributed by atoms with Crippen LogP contribution in [0.5, 0.6) is 0 Å². The first kappa shape index (κ1) is 9.89. The zero-order valence-electron chi connectivity index (χ0n) is 8.75. The van der Waals surface area contributed by atoms with Gasteiger partial charge in [0.05, 0.1) is 0 Å². The van der Waals surface area contributed by atoms with Crippen molar-refractivity contribution in [2.45, 2.75) is 39.3 Å². The summed E-state index contributed by atoms with van der Waals surface area (Å²) in [6.45, 7) is 13.3. The van der Waals surface area contributed by atoms with E-state index in [9.17, 15) is 0 Å². The Labute approximate surface area is 77.7 Å². The summed E-state index contributed by atoms with van der Waals surface area (Å²) in [4.78, 5) is 0. The molecule has 0 spiro atoms. The van der Waals surface area contributed by atoms with Gasteiger partial charge in [-0.25, -0.2) is 0 Å². The van der Waals surface area contributed by atoms with Gasteiger partial charge in [-0.3, -0.25) is 0 Å². The summed E-state index contributed by atoms with van der Waals surface area (Å²) >= 11 is 0. The molecule has 0 nitrogen and oxygen atoms in total. The van der Waals surface area contributed by atoms with Crippen LogP contribution in [0.1, 0.15) is 27.7 Å². The van der Waals surface area contributed by atoms with E-state index >= 15 is 0 Å². The molecule has 1 fully saturated rings. The van der Waals surface area contributed by atoms with Crippen LogP contribution in [0.15, 0.2) is 12.7 Å². The third-order valence-corrected chi connectivity index (χ3v) is 3.45. The number of allylic oxidation sites excluding steroid dienone is 1. The summed E-state index contributed by atoms with van der Waals surface area (Å²) in [5.41, 5.74) is 0. The van der Waals surface area contributed by atoms with Gasteiger partial charge in [-0.15, -0.1) is 6.58 Å². The van der Waals surface area contributed by atoms with Gasteiger partial charge in [0, 0.05) is 0 Å². The van der Waals surface area contributed by atoms with E-state index in [-0.39, 0.29) is 0 Å². The SMILES string of the molecule is C=CC1[B]C(C)C(C)C1C(C)C. The van der Waals surface area contributed by atoms with E-state index in [1.807, 2.05) is 0 Å². The predicted molar refractivity (Wildman–Crippen MR) is 56.6 cm³/mol. The molecule has 0 aliphatic carbocycles. The second kappa shape index (κ2) is 3.68. The molecule has 0 N–H and O–H groups in total. The molecule has 67 valence electrons. The molecule has 12 heavy (non-hydrogen) atoms. The zero-order chi connectivity index (χ0) is 9.30. The Hall–Kier alpha value is -0.195. The molecule has 1 heterocycles. The Kier molecular flexibility index (Phi) is 3.03. The molecule has 0 bridgehead atoms. The van der Waals surface area contributed by atoms with Crippen molar-refractivity contribution < 1.29 is 0 Å². The summed E-state index contributed by atoms with van der Waals surface area (Å²) < 4.78 is 0. The lowest BCUT2D eigenvalue weighted by molar-refractivity contribution is 0.293. The fourth-order valence-corrected chi connectivity index (χ4v) is 2.64. The molecule has 0 saturated carbocycles. The molecule has 0 amide bonds. The monoisotopic (exact) mass is 163 g/mol. The second-order valence-electron chi connectivity index (χ2n) is 4.55. The Bertz CT molecular complexity index is 162. The average molecular weight is 163 g/mol. The summed E-state index contributed by atoms with van der Waals surface area (Å²) in [5, 5.41) is 0. The molecule has 1 aliphatic heterocycles. The Balaban J connectivity index is 2.73. The average Bonchev–Trinajstić information content (AvgIpc) is 2.28. The molecule has 1 aliphatic rings. The van der Waals surface area contributed by atoms with E-state index in [1.165, 1.54) is 0 Å². The molecule has 0 aromatic heterocycles. The molecular formula is C11H20B. The highest BCUT2D eigenvalue weighted by Crippen LogP contribution is 2.46. The summed E-state index contributed by atoms with van der Waals surface area (Å²) in [7, 11) is 2.46. The lowest BCUT2D eigenvalue weighted by atomic mass is 9.59. The van der Waals surface area contributed by atoms with E-state index < -0.39 is 0 Å². The first-order valence-corrected chi connectivity index (χ1v) is 5.05. The van der Waals surface area contributed by atoms with Gasteiger partial charge < -0.3 is 0 Å². The van der Waals surface area contributed by atoms with Crippen molar-refractivity contribution in [1.82, 2.24) is 0 Å². The third kappa shape index (κ3) is 1.60. The van der Waals surface area contributed by atoms with Gasteiger partial charge in [-0.2, -0.15) is 0 Å². The van der Waals surface area contributed by atoms with E-state index in [0.29, 0.717) is 5.82 Å². The van der Waals surface area contributed by atoms with Gasteiger partial charge in [-0.1, -0.05) is 39.6 Å². The smallest absolute Gasteiger partial charge is 0.104 e. The minimum absolute atomic E-state index is 0.648. The molecule has 1 saturated heterocycles. The molecule has 1 rings (SSSR count). The zero-order valence-corrected chi connectivity index (χ0v) is 8.75. The maximum absolute atomic E-state index is 3.91. The highest BCUT2D eigenvalue weighted by atomic mass is 14.3. The topological polar surface area (TPSA) is 0 Å². The standard InChI is InChI=1S/C11H20B/c1-6-10-11(7(2)3)8(4)9(5)12-10/h6-11H,1H2,2-5H3. The Morgan fingerprint density at radius 3 is 2.25 bits per heavy atom. The number of rotatable bonds is 2. The quantitative estimate of drug-likeness (QED) is 0.432. The molecule has 1 radical (unpaired) electrons. The maximum atomic E-state index is 3.91. The maximum Gasteiger partial charge on any atom is 0.123 e. The largest absolute Gasteiger partial charge is 0.123 e. The van der Waals surface area contributed by atoms with Gasteiger partial charge in [0.1, 0.15) is 7.28 Å². The first-order chi connectivity index (χ1) is 5.57. The van der Waals surface area contributed by atoms with Crippen LogP contribution in [-0.2, 0) is 0 Å². The number of hydrogen-bond donors (Lipinski definition) is 0. The van der Waals surface area contributed by atoms with E-state index in [2.05, 4.69) is 47.6 Å². The molecule has 4 atom stereocenters. The predicted octanol–water partition coefficient (Wildman–Crippen LogP) is 3.40. The van der Waals surface area contributed by atoms with Crippen molar-refractivity contribution in [2.24, 2.45) is 17.8 Å². The molecular weight excluding hydrogens is 143 g/mol. The molecule has 0 aromatic carbocycles. The van der Waals surface area contributed by atoms with E-state index in [4.69, 9.17) is 0 Å². The summed E-state index contributed by atoms with van der Waals surface area (Å²) in [5.74, 6) is 3.84. The van der Waals surface area contributed by atoms with E-state index in [0.717, 1.165) is 23.6 Å². The number of hydrogen-bond acceptors (Lipinski definition) is 0. The van der Waals surface area contributed by atoms with Crippen molar-refractivity contribution >= 4 is 7.28 Å². The lowest BCUT2D eigenvalue weighted by Gasteiger charge is -2.26. The third-order valence-electron chi connectivity index (χ3n) is 3.45. The normalized spacial score (nSPS) is 41.4. The molecule has 4 unspecified atom stereocenters. The minimum atomic E-state index is 0.648. The van der Waals surface area contributed by atoms with E-state index in [1.54, 1.807) is 0 Å². The molecule has 1 heteroatoms. The summed E-state index contributed by atoms with van der Waals surface area (Å²) in [6, 6.07) is 0. The van der Waals surface area contributed by atoms with Crippen molar-refractivity contribution in [1.29, 1.82) is 0 Å². The van der Waals surface area contributed by atoms with Crippen LogP contribution in [0, 0.1) is 17.8 Å². The van der Waals surface area contributed by atoms with Gasteiger partial charge in [0.15, 0.2) is 0 Å². The van der Waals surface area contributed by atoms with Gasteiger partial charge in [0.2, 0.25) is 0 Å². The van der Waals surface area contributed by atoms with Crippen LogP contribution >= 0.6 is 0 Å². The lowest BCUT2D eigenvalue weighted by Crippen LogP contribution is -2.15. The van der Waals surface area contributed by atoms with Crippen molar-refractivity contribution in [3.05, 3.63) is 12.7 Å². The van der Waals surface area contributed by atoms with Gasteiger partial charge in [-0.05, 0) is 23.6 Å². The highest BCUT2D eigenvalue weighted by molar-refractivity contribution is 6.41.